The van der Waals surface area contributed by atoms with E-state index in [0.717, 1.165) is 0 Å². The van der Waals surface area contributed by atoms with Crippen LogP contribution in [0.4, 0.5) is 4.39 Å². The molecule has 0 amide bonds. The van der Waals surface area contributed by atoms with Crippen LogP contribution in [-0.4, -0.2) is 19.6 Å². The standard InChI is InChI=1S/C14H18FN3O3/c1-14(2,18(20)21)8-5-9-17-12-10(15)6-4-7-11(12)16(3)13(17)19/h4,6-7H,5,8-9H2,1-3H3. The molecular formula is C14H18FN3O3. The fourth-order valence-electron chi connectivity index (χ4n) is 2.39. The average molecular weight is 295 g/mol. The first kappa shape index (κ1) is 15.2. The Kier molecular flexibility index (Phi) is 3.85. The summed E-state index contributed by atoms with van der Waals surface area (Å²) < 4.78 is 16.7. The highest BCUT2D eigenvalue weighted by Crippen LogP contribution is 2.19. The van der Waals surface area contributed by atoms with E-state index in [1.165, 1.54) is 15.2 Å². The summed E-state index contributed by atoms with van der Waals surface area (Å²) >= 11 is 0. The minimum Gasteiger partial charge on any atom is -0.295 e. The zero-order valence-corrected chi connectivity index (χ0v) is 12.3. The van der Waals surface area contributed by atoms with Crippen LogP contribution in [0.25, 0.3) is 11.0 Å². The number of rotatable bonds is 5. The molecule has 0 bridgehead atoms. The van der Waals surface area contributed by atoms with E-state index in [-0.39, 0.29) is 22.7 Å². The lowest BCUT2D eigenvalue weighted by molar-refractivity contribution is -0.561. The Balaban J connectivity index is 2.30. The molecule has 0 N–H and O–H groups in total. The predicted molar refractivity (Wildman–Crippen MR) is 77.4 cm³/mol. The van der Waals surface area contributed by atoms with Crippen molar-refractivity contribution in [3.8, 4) is 0 Å². The van der Waals surface area contributed by atoms with E-state index in [1.54, 1.807) is 33.0 Å². The Hall–Kier alpha value is -2.18. The Bertz CT molecular complexity index is 746. The number of nitro groups is 1. The number of hydrogen-bond donors (Lipinski definition) is 0. The number of para-hydroxylation sites is 1. The van der Waals surface area contributed by atoms with Crippen LogP contribution >= 0.6 is 0 Å². The first-order chi connectivity index (χ1) is 9.75. The number of imidazole rings is 1. The highest BCUT2D eigenvalue weighted by atomic mass is 19.1. The second-order valence-electron chi connectivity index (χ2n) is 5.77. The van der Waals surface area contributed by atoms with Gasteiger partial charge in [0.25, 0.3) is 0 Å². The lowest BCUT2D eigenvalue weighted by atomic mass is 10.00. The lowest BCUT2D eigenvalue weighted by Gasteiger charge is -2.15. The van der Waals surface area contributed by atoms with Gasteiger partial charge in [-0.3, -0.25) is 19.2 Å². The van der Waals surface area contributed by atoms with Crippen LogP contribution in [0, 0.1) is 15.9 Å². The van der Waals surface area contributed by atoms with E-state index in [1.807, 2.05) is 0 Å². The van der Waals surface area contributed by atoms with Crippen molar-refractivity contribution in [3.63, 3.8) is 0 Å². The van der Waals surface area contributed by atoms with E-state index in [2.05, 4.69) is 0 Å². The zero-order chi connectivity index (χ0) is 15.8. The van der Waals surface area contributed by atoms with Gasteiger partial charge in [-0.1, -0.05) is 6.07 Å². The van der Waals surface area contributed by atoms with E-state index in [0.29, 0.717) is 18.4 Å². The summed E-state index contributed by atoms with van der Waals surface area (Å²) in [6, 6.07) is 4.54. The van der Waals surface area contributed by atoms with E-state index >= 15 is 0 Å². The van der Waals surface area contributed by atoms with Crippen molar-refractivity contribution < 1.29 is 9.31 Å². The number of aryl methyl sites for hydroxylation is 2. The molecule has 0 aliphatic heterocycles. The summed E-state index contributed by atoms with van der Waals surface area (Å²) in [5.74, 6) is -0.460. The first-order valence-electron chi connectivity index (χ1n) is 6.74. The maximum absolute atomic E-state index is 13.9. The van der Waals surface area contributed by atoms with Crippen molar-refractivity contribution in [3.05, 3.63) is 44.6 Å². The van der Waals surface area contributed by atoms with Crippen LogP contribution in [0.15, 0.2) is 23.0 Å². The molecule has 0 aliphatic carbocycles. The number of nitrogens with zero attached hydrogens (tertiary/aromatic N) is 3. The molecule has 0 aliphatic rings. The van der Waals surface area contributed by atoms with Gasteiger partial charge in [-0.25, -0.2) is 9.18 Å². The van der Waals surface area contributed by atoms with Gasteiger partial charge in [0, 0.05) is 38.8 Å². The Morgan fingerprint density at radius 3 is 2.67 bits per heavy atom. The van der Waals surface area contributed by atoms with Crippen molar-refractivity contribution in [1.29, 1.82) is 0 Å². The largest absolute Gasteiger partial charge is 0.328 e. The van der Waals surface area contributed by atoms with Gasteiger partial charge in [0.2, 0.25) is 5.54 Å². The monoisotopic (exact) mass is 295 g/mol. The molecule has 0 unspecified atom stereocenters. The second-order valence-corrected chi connectivity index (χ2v) is 5.77. The van der Waals surface area contributed by atoms with Gasteiger partial charge in [0.05, 0.1) is 5.52 Å². The molecule has 0 saturated heterocycles. The summed E-state index contributed by atoms with van der Waals surface area (Å²) in [5, 5.41) is 10.9. The summed E-state index contributed by atoms with van der Waals surface area (Å²) in [7, 11) is 1.58. The molecule has 1 heterocycles. The van der Waals surface area contributed by atoms with Gasteiger partial charge in [-0.15, -0.1) is 0 Å². The van der Waals surface area contributed by atoms with Crippen molar-refractivity contribution in [2.24, 2.45) is 7.05 Å². The smallest absolute Gasteiger partial charge is 0.295 e. The van der Waals surface area contributed by atoms with E-state index in [4.69, 9.17) is 0 Å². The van der Waals surface area contributed by atoms with E-state index in [9.17, 15) is 19.3 Å². The van der Waals surface area contributed by atoms with Crippen LogP contribution in [0.5, 0.6) is 0 Å². The van der Waals surface area contributed by atoms with Crippen molar-refractivity contribution >= 4 is 11.0 Å². The third-order valence-electron chi connectivity index (χ3n) is 3.78. The molecule has 0 fully saturated rings. The summed E-state index contributed by atoms with van der Waals surface area (Å²) in [4.78, 5) is 22.7. The minimum atomic E-state index is -1.05. The molecule has 6 nitrogen and oxygen atoms in total. The van der Waals surface area contributed by atoms with Gasteiger partial charge in [0.1, 0.15) is 11.3 Å². The number of aromatic nitrogens is 2. The highest BCUT2D eigenvalue weighted by molar-refractivity contribution is 5.76. The molecule has 7 heteroatoms. The van der Waals surface area contributed by atoms with E-state index < -0.39 is 11.4 Å². The molecule has 0 atom stereocenters. The van der Waals surface area contributed by atoms with Gasteiger partial charge in [0.15, 0.2) is 0 Å². The predicted octanol–water partition coefficient (Wildman–Crippen LogP) is 2.31. The molecule has 21 heavy (non-hydrogen) atoms. The number of halogens is 1. The van der Waals surface area contributed by atoms with Crippen molar-refractivity contribution in [2.45, 2.75) is 38.8 Å². The molecule has 0 saturated carbocycles. The van der Waals surface area contributed by atoms with Crippen molar-refractivity contribution in [2.75, 3.05) is 0 Å². The number of hydrogen-bond acceptors (Lipinski definition) is 3. The molecule has 2 rings (SSSR count). The average Bonchev–Trinajstić information content (AvgIpc) is 2.65. The topological polar surface area (TPSA) is 70.1 Å². The third kappa shape index (κ3) is 2.68. The number of fused-ring (bicyclic) bond motifs is 1. The lowest BCUT2D eigenvalue weighted by Crippen LogP contribution is -2.31. The quantitative estimate of drug-likeness (QED) is 0.628. The first-order valence-corrected chi connectivity index (χ1v) is 6.74. The van der Waals surface area contributed by atoms with Crippen molar-refractivity contribution in [1.82, 2.24) is 9.13 Å². The minimum absolute atomic E-state index is 0.254. The maximum atomic E-state index is 13.9. The summed E-state index contributed by atoms with van der Waals surface area (Å²) in [5.41, 5.74) is -0.585. The molecule has 114 valence electrons. The molecule has 0 spiro atoms. The van der Waals surface area contributed by atoms with Gasteiger partial charge >= 0.3 is 5.69 Å². The fourth-order valence-corrected chi connectivity index (χ4v) is 2.39. The van der Waals surface area contributed by atoms with Crippen LogP contribution in [0.2, 0.25) is 0 Å². The Labute approximate surface area is 120 Å². The normalized spacial score (nSPS) is 12.0. The molecule has 1 aromatic heterocycles. The summed E-state index contributed by atoms with van der Waals surface area (Å²) in [6.45, 7) is 3.34. The molecule has 0 radical (unpaired) electrons. The van der Waals surface area contributed by atoms with Gasteiger partial charge < -0.3 is 0 Å². The van der Waals surface area contributed by atoms with Gasteiger partial charge in [-0.2, -0.15) is 0 Å². The third-order valence-corrected chi connectivity index (χ3v) is 3.78. The SMILES string of the molecule is Cn1c(=O)n(CCCC(C)(C)[N+](=O)[O-])c2c(F)cccc21. The van der Waals surface area contributed by atoms with Crippen LogP contribution in [-0.2, 0) is 13.6 Å². The second kappa shape index (κ2) is 5.31. The zero-order valence-electron chi connectivity index (χ0n) is 12.3. The molecular weight excluding hydrogens is 277 g/mol. The number of benzene rings is 1. The fraction of sp³-hybridized carbons (Fsp3) is 0.500. The summed E-state index contributed by atoms with van der Waals surface area (Å²) in [6.07, 6.45) is 0.749. The Morgan fingerprint density at radius 1 is 1.38 bits per heavy atom. The van der Waals surface area contributed by atoms with Crippen LogP contribution < -0.4 is 5.69 Å². The van der Waals surface area contributed by atoms with Crippen LogP contribution in [0.3, 0.4) is 0 Å². The van der Waals surface area contributed by atoms with Crippen LogP contribution in [0.1, 0.15) is 26.7 Å². The van der Waals surface area contributed by atoms with Gasteiger partial charge in [-0.05, 0) is 18.6 Å². The molecule has 1 aromatic carbocycles. The maximum Gasteiger partial charge on any atom is 0.328 e. The highest BCUT2D eigenvalue weighted by Gasteiger charge is 2.29. The Morgan fingerprint density at radius 2 is 2.05 bits per heavy atom. The molecule has 2 aromatic rings.